The molecule has 0 heterocycles. The summed E-state index contributed by atoms with van der Waals surface area (Å²) in [6, 6.07) is 7.95. The summed E-state index contributed by atoms with van der Waals surface area (Å²) < 4.78 is 5.75. The van der Waals surface area contributed by atoms with Crippen molar-refractivity contribution in [1.82, 2.24) is 4.90 Å². The predicted molar refractivity (Wildman–Crippen MR) is 82.3 cm³/mol. The van der Waals surface area contributed by atoms with E-state index in [9.17, 15) is 9.90 Å². The lowest BCUT2D eigenvalue weighted by molar-refractivity contribution is -0.140. The molecule has 116 valence electrons. The molecule has 0 aliphatic heterocycles. The summed E-state index contributed by atoms with van der Waals surface area (Å²) in [5.41, 5.74) is 1.16. The maximum Gasteiger partial charge on any atom is 0.263 e. The lowest BCUT2D eigenvalue weighted by atomic mass is 10.2. The number of nitrogens with zero attached hydrogens (tertiary/aromatic N) is 1. The highest BCUT2D eigenvalue weighted by Gasteiger charge is 2.30. The molecule has 21 heavy (non-hydrogen) atoms. The summed E-state index contributed by atoms with van der Waals surface area (Å²) in [6.07, 6.45) is 3.85. The van der Waals surface area contributed by atoms with Gasteiger partial charge in [0.2, 0.25) is 0 Å². The maximum atomic E-state index is 12.6. The largest absolute Gasteiger partial charge is 0.481 e. The standard InChI is InChI=1S/C17H25NO3/c1-13-7-9-16(10-8-13)21-14(2)17(20)18(11-12-19)15-5-3-4-6-15/h7-10,14-15,19H,3-6,11-12H2,1-2H3. The number of amides is 1. The van der Waals surface area contributed by atoms with Crippen LogP contribution in [0.3, 0.4) is 0 Å². The first-order valence-electron chi connectivity index (χ1n) is 7.76. The molecule has 1 unspecified atom stereocenters. The highest BCUT2D eigenvalue weighted by Crippen LogP contribution is 2.24. The second kappa shape index (κ2) is 7.46. The van der Waals surface area contributed by atoms with Crippen LogP contribution >= 0.6 is 0 Å². The minimum absolute atomic E-state index is 0.000504. The van der Waals surface area contributed by atoms with Gasteiger partial charge in [-0.25, -0.2) is 0 Å². The highest BCUT2D eigenvalue weighted by molar-refractivity contribution is 5.81. The first-order chi connectivity index (χ1) is 10.1. The van der Waals surface area contributed by atoms with Gasteiger partial charge in [-0.05, 0) is 38.8 Å². The van der Waals surface area contributed by atoms with Crippen LogP contribution in [-0.4, -0.2) is 41.2 Å². The minimum atomic E-state index is -0.528. The molecule has 1 aromatic rings. The molecule has 0 spiro atoms. The second-order valence-corrected chi connectivity index (χ2v) is 5.77. The molecule has 1 fully saturated rings. The molecular formula is C17H25NO3. The van der Waals surface area contributed by atoms with E-state index in [1.807, 2.05) is 31.2 Å². The van der Waals surface area contributed by atoms with Crippen LogP contribution in [-0.2, 0) is 4.79 Å². The fraction of sp³-hybridized carbons (Fsp3) is 0.588. The molecule has 1 aliphatic rings. The Morgan fingerprint density at radius 2 is 1.95 bits per heavy atom. The van der Waals surface area contributed by atoms with Crippen molar-refractivity contribution in [2.45, 2.75) is 51.7 Å². The Hall–Kier alpha value is -1.55. The Kier molecular flexibility index (Phi) is 5.62. The van der Waals surface area contributed by atoms with Gasteiger partial charge in [0.05, 0.1) is 6.61 Å². The zero-order valence-corrected chi connectivity index (χ0v) is 12.9. The predicted octanol–water partition coefficient (Wildman–Crippen LogP) is 2.53. The van der Waals surface area contributed by atoms with Crippen LogP contribution < -0.4 is 4.74 Å². The molecule has 1 atom stereocenters. The number of carbonyl (C=O) groups is 1. The Morgan fingerprint density at radius 1 is 1.33 bits per heavy atom. The second-order valence-electron chi connectivity index (χ2n) is 5.77. The van der Waals surface area contributed by atoms with Crippen molar-refractivity contribution < 1.29 is 14.6 Å². The van der Waals surface area contributed by atoms with E-state index in [4.69, 9.17) is 4.74 Å². The van der Waals surface area contributed by atoms with Crippen LogP contribution in [0.1, 0.15) is 38.2 Å². The first kappa shape index (κ1) is 15.8. The molecule has 1 aromatic carbocycles. The Labute approximate surface area is 126 Å². The molecule has 0 aromatic heterocycles. The van der Waals surface area contributed by atoms with Gasteiger partial charge in [-0.3, -0.25) is 4.79 Å². The van der Waals surface area contributed by atoms with Gasteiger partial charge in [-0.2, -0.15) is 0 Å². The number of aliphatic hydroxyl groups excluding tert-OH is 1. The van der Waals surface area contributed by atoms with Crippen LogP contribution in [0.25, 0.3) is 0 Å². The lowest BCUT2D eigenvalue weighted by Crippen LogP contribution is -2.46. The van der Waals surface area contributed by atoms with Crippen molar-refractivity contribution in [2.75, 3.05) is 13.2 Å². The van der Waals surface area contributed by atoms with Gasteiger partial charge in [0, 0.05) is 12.6 Å². The van der Waals surface area contributed by atoms with Crippen LogP contribution in [0.5, 0.6) is 5.75 Å². The topological polar surface area (TPSA) is 49.8 Å². The number of hydrogen-bond acceptors (Lipinski definition) is 3. The average molecular weight is 291 g/mol. The normalized spacial score (nSPS) is 16.7. The van der Waals surface area contributed by atoms with Crippen molar-refractivity contribution in [2.24, 2.45) is 0 Å². The van der Waals surface area contributed by atoms with Crippen molar-refractivity contribution in [3.05, 3.63) is 29.8 Å². The van der Waals surface area contributed by atoms with Crippen LogP contribution in [0.2, 0.25) is 0 Å². The fourth-order valence-corrected chi connectivity index (χ4v) is 2.90. The van der Waals surface area contributed by atoms with Crippen LogP contribution in [0.4, 0.5) is 0 Å². The number of benzene rings is 1. The van der Waals surface area contributed by atoms with Gasteiger partial charge in [-0.1, -0.05) is 30.5 Å². The summed E-state index contributed by atoms with van der Waals surface area (Å²) in [5, 5.41) is 9.21. The third-order valence-corrected chi connectivity index (χ3v) is 4.07. The van der Waals surface area contributed by atoms with E-state index in [-0.39, 0.29) is 18.6 Å². The number of hydrogen-bond donors (Lipinski definition) is 1. The van der Waals surface area contributed by atoms with E-state index in [2.05, 4.69) is 0 Å². The molecule has 2 rings (SSSR count). The van der Waals surface area contributed by atoms with Gasteiger partial charge in [0.15, 0.2) is 6.10 Å². The monoisotopic (exact) mass is 291 g/mol. The average Bonchev–Trinajstić information content (AvgIpc) is 3.00. The SMILES string of the molecule is Cc1ccc(OC(C)C(=O)N(CCO)C2CCCC2)cc1. The zero-order valence-electron chi connectivity index (χ0n) is 12.9. The lowest BCUT2D eigenvalue weighted by Gasteiger charge is -2.30. The molecule has 0 saturated heterocycles. The molecule has 1 amide bonds. The number of ether oxygens (including phenoxy) is 1. The summed E-state index contributed by atoms with van der Waals surface area (Å²) in [7, 11) is 0. The molecule has 1 aliphatic carbocycles. The van der Waals surface area contributed by atoms with Crippen molar-refractivity contribution in [3.63, 3.8) is 0 Å². The molecule has 4 nitrogen and oxygen atoms in total. The molecule has 1 saturated carbocycles. The van der Waals surface area contributed by atoms with Gasteiger partial charge < -0.3 is 14.7 Å². The molecular weight excluding hydrogens is 266 g/mol. The molecule has 1 N–H and O–H groups in total. The van der Waals surface area contributed by atoms with Crippen LogP contribution in [0.15, 0.2) is 24.3 Å². The summed E-state index contributed by atoms with van der Waals surface area (Å²) >= 11 is 0. The van der Waals surface area contributed by atoms with Gasteiger partial charge >= 0.3 is 0 Å². The Morgan fingerprint density at radius 3 is 2.52 bits per heavy atom. The fourth-order valence-electron chi connectivity index (χ4n) is 2.90. The smallest absolute Gasteiger partial charge is 0.263 e. The van der Waals surface area contributed by atoms with E-state index >= 15 is 0 Å². The zero-order chi connectivity index (χ0) is 15.2. The van der Waals surface area contributed by atoms with E-state index in [1.54, 1.807) is 11.8 Å². The quantitative estimate of drug-likeness (QED) is 0.876. The Balaban J connectivity index is 1.99. The van der Waals surface area contributed by atoms with Crippen molar-refractivity contribution >= 4 is 5.91 Å². The highest BCUT2D eigenvalue weighted by atomic mass is 16.5. The van der Waals surface area contributed by atoms with Crippen molar-refractivity contribution in [1.29, 1.82) is 0 Å². The molecule has 0 bridgehead atoms. The first-order valence-corrected chi connectivity index (χ1v) is 7.76. The summed E-state index contributed by atoms with van der Waals surface area (Å²) in [6.45, 7) is 4.19. The summed E-state index contributed by atoms with van der Waals surface area (Å²) in [5.74, 6) is 0.674. The van der Waals surface area contributed by atoms with E-state index in [0.717, 1.165) is 31.2 Å². The van der Waals surface area contributed by atoms with Gasteiger partial charge in [0.25, 0.3) is 5.91 Å². The number of aryl methyl sites for hydroxylation is 1. The third-order valence-electron chi connectivity index (χ3n) is 4.07. The van der Waals surface area contributed by atoms with Crippen molar-refractivity contribution in [3.8, 4) is 5.75 Å². The molecule has 4 heteroatoms. The van der Waals surface area contributed by atoms with E-state index < -0.39 is 6.10 Å². The van der Waals surface area contributed by atoms with Gasteiger partial charge in [0.1, 0.15) is 5.75 Å². The number of aliphatic hydroxyl groups is 1. The van der Waals surface area contributed by atoms with E-state index in [0.29, 0.717) is 12.3 Å². The molecule has 0 radical (unpaired) electrons. The summed E-state index contributed by atoms with van der Waals surface area (Å²) in [4.78, 5) is 14.4. The Bertz CT molecular complexity index is 452. The van der Waals surface area contributed by atoms with Gasteiger partial charge in [-0.15, -0.1) is 0 Å². The minimum Gasteiger partial charge on any atom is -0.481 e. The number of rotatable bonds is 6. The van der Waals surface area contributed by atoms with Crippen LogP contribution in [0, 0.1) is 6.92 Å². The third kappa shape index (κ3) is 4.21. The maximum absolute atomic E-state index is 12.6. The van der Waals surface area contributed by atoms with E-state index in [1.165, 1.54) is 0 Å². The number of carbonyl (C=O) groups excluding carboxylic acids is 1.